The second kappa shape index (κ2) is 15.4. The molecule has 8 nitrogen and oxygen atoms in total. The maximum absolute atomic E-state index is 13.4. The lowest BCUT2D eigenvalue weighted by molar-refractivity contribution is 0.0946. The molecule has 4 N–H and O–H groups in total. The van der Waals surface area contributed by atoms with Gasteiger partial charge >= 0.3 is 6.03 Å². The minimum absolute atomic E-state index is 0.0272. The van der Waals surface area contributed by atoms with Crippen molar-refractivity contribution in [1.82, 2.24) is 20.6 Å². The second-order valence-electron chi connectivity index (χ2n) is 9.13. The van der Waals surface area contributed by atoms with Crippen molar-refractivity contribution >= 4 is 17.8 Å². The Morgan fingerprint density at radius 1 is 0.619 bits per heavy atom. The normalized spacial score (nSPS) is 10.1. The van der Waals surface area contributed by atoms with Gasteiger partial charge in [-0.2, -0.15) is 0 Å². The number of rotatable bonds is 8. The maximum atomic E-state index is 13.4. The van der Waals surface area contributed by atoms with Crippen LogP contribution >= 0.6 is 0 Å². The average Bonchev–Trinajstić information content (AvgIpc) is 3.04. The summed E-state index contributed by atoms with van der Waals surface area (Å²) in [6, 6.07) is 37.8. The highest BCUT2D eigenvalue weighted by Crippen LogP contribution is 2.31. The van der Waals surface area contributed by atoms with E-state index in [1.165, 1.54) is 0 Å². The molecule has 0 aliphatic carbocycles. The number of nitrogens with zero attached hydrogens (tertiary/aromatic N) is 2. The largest absolute Gasteiger partial charge is 0.397 e. The summed E-state index contributed by atoms with van der Waals surface area (Å²) in [4.78, 5) is 35.9. The van der Waals surface area contributed by atoms with Gasteiger partial charge in [0.2, 0.25) is 0 Å². The van der Waals surface area contributed by atoms with Crippen LogP contribution in [0.1, 0.15) is 28.5 Å². The van der Waals surface area contributed by atoms with Crippen LogP contribution in [0, 0.1) is 0 Å². The lowest BCUT2D eigenvalue weighted by Gasteiger charge is -2.16. The minimum Gasteiger partial charge on any atom is -0.397 e. The Morgan fingerprint density at radius 2 is 1.02 bits per heavy atom. The second-order valence-corrected chi connectivity index (χ2v) is 9.13. The number of amides is 3. The third-order valence-corrected chi connectivity index (χ3v) is 6.03. The lowest BCUT2D eigenvalue weighted by Crippen LogP contribution is -2.31. The molecule has 0 spiro atoms. The molecular formula is C34H33N5O3. The van der Waals surface area contributed by atoms with Crippen LogP contribution in [0.25, 0.3) is 22.5 Å². The van der Waals surface area contributed by atoms with Crippen LogP contribution in [0.15, 0.2) is 121 Å². The third-order valence-electron chi connectivity index (χ3n) is 6.03. The fourth-order valence-corrected chi connectivity index (χ4v) is 4.07. The first-order chi connectivity index (χ1) is 20.6. The number of carbonyl (C=O) groups is 2. The van der Waals surface area contributed by atoms with Gasteiger partial charge in [-0.25, -0.2) is 14.8 Å². The van der Waals surface area contributed by atoms with E-state index in [0.717, 1.165) is 22.3 Å². The van der Waals surface area contributed by atoms with Crippen LogP contribution in [0.2, 0.25) is 0 Å². The van der Waals surface area contributed by atoms with E-state index < -0.39 is 11.9 Å². The number of aliphatic hydroxyl groups excluding tert-OH is 1. The van der Waals surface area contributed by atoms with Gasteiger partial charge in [-0.1, -0.05) is 121 Å². The highest BCUT2D eigenvalue weighted by molar-refractivity contribution is 6.02. The summed E-state index contributed by atoms with van der Waals surface area (Å²) in [5, 5.41) is 16.1. The molecule has 0 bridgehead atoms. The van der Waals surface area contributed by atoms with Crippen molar-refractivity contribution in [2.75, 3.05) is 11.9 Å². The zero-order chi connectivity index (χ0) is 29.6. The lowest BCUT2D eigenvalue weighted by atomic mass is 10.0. The van der Waals surface area contributed by atoms with E-state index in [4.69, 9.17) is 15.1 Å². The molecule has 0 atom stereocenters. The van der Waals surface area contributed by atoms with Crippen LogP contribution in [0.4, 0.5) is 10.6 Å². The molecule has 0 radical (unpaired) electrons. The molecule has 212 valence electrons. The Hall–Kier alpha value is -5.34. The van der Waals surface area contributed by atoms with Crippen LogP contribution in [-0.4, -0.2) is 33.6 Å². The Morgan fingerprint density at radius 3 is 1.50 bits per heavy atom. The van der Waals surface area contributed by atoms with E-state index >= 15 is 0 Å². The minimum atomic E-state index is -0.489. The molecule has 0 fully saturated rings. The summed E-state index contributed by atoms with van der Waals surface area (Å²) in [5.41, 5.74) is 4.64. The Labute approximate surface area is 245 Å². The molecule has 0 aliphatic rings. The van der Waals surface area contributed by atoms with E-state index in [1.807, 2.05) is 121 Å². The quantitative estimate of drug-likeness (QED) is 0.184. The highest BCUT2D eigenvalue weighted by atomic mass is 16.2. The van der Waals surface area contributed by atoms with Crippen molar-refractivity contribution in [3.05, 3.63) is 138 Å². The van der Waals surface area contributed by atoms with Gasteiger partial charge < -0.3 is 15.7 Å². The third kappa shape index (κ3) is 8.33. The number of aliphatic hydroxyl groups is 1. The van der Waals surface area contributed by atoms with Gasteiger partial charge in [0.05, 0.1) is 11.4 Å². The van der Waals surface area contributed by atoms with Crippen molar-refractivity contribution in [3.8, 4) is 22.5 Å². The molecule has 0 aliphatic heterocycles. The van der Waals surface area contributed by atoms with Crippen molar-refractivity contribution in [3.63, 3.8) is 0 Å². The number of nitrogens with one attached hydrogen (secondary N) is 3. The van der Waals surface area contributed by atoms with Gasteiger partial charge in [0.1, 0.15) is 0 Å². The molecule has 8 heteroatoms. The Kier molecular flexibility index (Phi) is 10.9. The molecule has 0 unspecified atom stereocenters. The van der Waals surface area contributed by atoms with Gasteiger partial charge in [0.25, 0.3) is 5.91 Å². The van der Waals surface area contributed by atoms with Crippen molar-refractivity contribution in [1.29, 1.82) is 0 Å². The molecule has 4 aromatic carbocycles. The summed E-state index contributed by atoms with van der Waals surface area (Å²) < 4.78 is 0. The van der Waals surface area contributed by atoms with E-state index in [-0.39, 0.29) is 18.1 Å². The molecule has 0 saturated carbocycles. The fourth-order valence-electron chi connectivity index (χ4n) is 4.07. The van der Waals surface area contributed by atoms with E-state index in [9.17, 15) is 9.59 Å². The van der Waals surface area contributed by atoms with Gasteiger partial charge in [0.15, 0.2) is 11.5 Å². The van der Waals surface area contributed by atoms with Gasteiger partial charge in [0, 0.05) is 30.8 Å². The molecule has 0 saturated heterocycles. The van der Waals surface area contributed by atoms with Crippen LogP contribution < -0.4 is 16.0 Å². The predicted octanol–water partition coefficient (Wildman–Crippen LogP) is 6.06. The molecule has 1 aromatic heterocycles. The number of benzene rings is 4. The maximum Gasteiger partial charge on any atom is 0.320 e. The summed E-state index contributed by atoms with van der Waals surface area (Å²) >= 11 is 0. The van der Waals surface area contributed by atoms with Gasteiger partial charge in [-0.15, -0.1) is 0 Å². The number of carbonyl (C=O) groups excluding carboxylic acids is 2. The number of hydrogen-bond acceptors (Lipinski definition) is 5. The first-order valence-electron chi connectivity index (χ1n) is 13.6. The first-order valence-corrected chi connectivity index (χ1v) is 13.6. The van der Waals surface area contributed by atoms with Crippen LogP contribution in [-0.2, 0) is 13.1 Å². The summed E-state index contributed by atoms with van der Waals surface area (Å²) in [6.07, 6.45) is 0. The zero-order valence-electron chi connectivity index (χ0n) is 23.3. The van der Waals surface area contributed by atoms with Crippen molar-refractivity contribution in [2.45, 2.75) is 20.0 Å². The average molecular weight is 560 g/mol. The Balaban J connectivity index is 0.00000129. The van der Waals surface area contributed by atoms with Gasteiger partial charge in [-0.3, -0.25) is 10.1 Å². The Bertz CT molecular complexity index is 1570. The summed E-state index contributed by atoms with van der Waals surface area (Å²) in [7, 11) is 0. The standard InChI is InChI=1S/C32H27N5O2.C2H6O/c38-31(33-21-23-13-5-1-6-14-23)29-30(37-32(39)34-22-24-15-7-2-8-16-24)36-28(26-19-11-4-12-20-26)27(35-29)25-17-9-3-10-18-25;1-2-3/h1-20H,21-22H2,(H,33,38)(H2,34,36,37,39);3H,2H2,1H3. The molecule has 1 heterocycles. The van der Waals surface area contributed by atoms with Crippen molar-refractivity contribution in [2.24, 2.45) is 0 Å². The highest BCUT2D eigenvalue weighted by Gasteiger charge is 2.22. The topological polar surface area (TPSA) is 116 Å². The number of hydrogen-bond donors (Lipinski definition) is 4. The predicted molar refractivity (Wildman–Crippen MR) is 166 cm³/mol. The zero-order valence-corrected chi connectivity index (χ0v) is 23.3. The number of urea groups is 1. The number of anilines is 1. The first kappa shape index (κ1) is 29.6. The number of aromatic nitrogens is 2. The van der Waals surface area contributed by atoms with Crippen LogP contribution in [0.5, 0.6) is 0 Å². The summed E-state index contributed by atoms with van der Waals surface area (Å²) in [5.74, 6) is -0.369. The molecule has 5 rings (SSSR count). The summed E-state index contributed by atoms with van der Waals surface area (Å²) in [6.45, 7) is 2.56. The molecular weight excluding hydrogens is 526 g/mol. The molecule has 3 amide bonds. The molecule has 42 heavy (non-hydrogen) atoms. The van der Waals surface area contributed by atoms with Crippen molar-refractivity contribution < 1.29 is 14.7 Å². The van der Waals surface area contributed by atoms with E-state index in [1.54, 1.807) is 6.92 Å². The van der Waals surface area contributed by atoms with Gasteiger partial charge in [-0.05, 0) is 18.1 Å². The van der Waals surface area contributed by atoms with E-state index in [0.29, 0.717) is 24.5 Å². The monoisotopic (exact) mass is 559 g/mol. The molecule has 5 aromatic rings. The van der Waals surface area contributed by atoms with Crippen LogP contribution in [0.3, 0.4) is 0 Å². The fraction of sp³-hybridized carbons (Fsp3) is 0.118. The van der Waals surface area contributed by atoms with E-state index in [2.05, 4.69) is 16.0 Å². The smallest absolute Gasteiger partial charge is 0.320 e. The SMILES string of the molecule is CCO.O=C(NCc1ccccc1)Nc1nc(-c2ccccc2)c(-c2ccccc2)nc1C(=O)NCc1ccccc1.